The zero-order valence-electron chi connectivity index (χ0n) is 15.5. The molecule has 1 aliphatic heterocycles. The summed E-state index contributed by atoms with van der Waals surface area (Å²) in [6.07, 6.45) is 2.31. The van der Waals surface area contributed by atoms with Gasteiger partial charge in [-0.15, -0.1) is 11.3 Å². The van der Waals surface area contributed by atoms with Crippen LogP contribution in [0.5, 0.6) is 0 Å². The van der Waals surface area contributed by atoms with E-state index in [0.29, 0.717) is 0 Å². The fraction of sp³-hybridized carbons (Fsp3) is 0.409. The summed E-state index contributed by atoms with van der Waals surface area (Å²) in [4.78, 5) is 9.94. The van der Waals surface area contributed by atoms with Crippen molar-refractivity contribution < 1.29 is 0 Å². The van der Waals surface area contributed by atoms with Crippen molar-refractivity contribution in [3.8, 4) is 0 Å². The lowest BCUT2D eigenvalue weighted by Crippen LogP contribution is -2.46. The van der Waals surface area contributed by atoms with Crippen molar-refractivity contribution in [1.82, 2.24) is 14.8 Å². The summed E-state index contributed by atoms with van der Waals surface area (Å²) in [6.45, 7) is 9.15. The van der Waals surface area contributed by atoms with Crippen molar-refractivity contribution in [2.45, 2.75) is 26.3 Å². The molecule has 1 saturated heterocycles. The van der Waals surface area contributed by atoms with Crippen LogP contribution >= 0.6 is 11.3 Å². The molecule has 2 aromatic carbocycles. The summed E-state index contributed by atoms with van der Waals surface area (Å²) in [6, 6.07) is 17.4. The Balaban J connectivity index is 1.19. The van der Waals surface area contributed by atoms with Crippen LogP contribution in [0.2, 0.25) is 0 Å². The van der Waals surface area contributed by atoms with E-state index in [9.17, 15) is 0 Å². The van der Waals surface area contributed by atoms with Gasteiger partial charge in [0.15, 0.2) is 0 Å². The molecule has 3 nitrogen and oxygen atoms in total. The third kappa shape index (κ3) is 4.50. The third-order valence-corrected chi connectivity index (χ3v) is 6.29. The summed E-state index contributed by atoms with van der Waals surface area (Å²) in [7, 11) is 0. The molecule has 0 spiro atoms. The minimum atomic E-state index is 1.08. The molecule has 0 amide bonds. The standard InChI is InChI=1S/C22H27N3S/c1-18-8-10-19(11-9-18)17-25-15-13-24(14-16-25)12-4-7-22-23-20-5-2-3-6-21(20)26-22/h2-3,5-6,8-11H,4,7,12-17H2,1H3. The smallest absolute Gasteiger partial charge is 0.0939 e. The lowest BCUT2D eigenvalue weighted by Gasteiger charge is -2.34. The number of nitrogens with zero attached hydrogens (tertiary/aromatic N) is 3. The summed E-state index contributed by atoms with van der Waals surface area (Å²) in [5.74, 6) is 0. The van der Waals surface area contributed by atoms with Gasteiger partial charge in [-0.1, -0.05) is 42.0 Å². The molecule has 1 aliphatic rings. The average Bonchev–Trinajstić information content (AvgIpc) is 3.08. The minimum Gasteiger partial charge on any atom is -0.301 e. The third-order valence-electron chi connectivity index (χ3n) is 5.19. The van der Waals surface area contributed by atoms with Crippen LogP contribution in [0.4, 0.5) is 0 Å². The topological polar surface area (TPSA) is 19.4 Å². The van der Waals surface area contributed by atoms with E-state index in [4.69, 9.17) is 4.98 Å². The first-order valence-electron chi connectivity index (χ1n) is 9.61. The van der Waals surface area contributed by atoms with Gasteiger partial charge in [-0.25, -0.2) is 4.98 Å². The Morgan fingerprint density at radius 1 is 0.923 bits per heavy atom. The summed E-state index contributed by atoms with van der Waals surface area (Å²) < 4.78 is 1.31. The molecule has 4 rings (SSSR count). The molecular weight excluding hydrogens is 338 g/mol. The lowest BCUT2D eigenvalue weighted by atomic mass is 10.1. The van der Waals surface area contributed by atoms with Crippen LogP contribution < -0.4 is 0 Å². The van der Waals surface area contributed by atoms with Crippen LogP contribution in [0, 0.1) is 6.92 Å². The molecule has 2 heterocycles. The van der Waals surface area contributed by atoms with Gasteiger partial charge in [0.05, 0.1) is 15.2 Å². The average molecular weight is 366 g/mol. The van der Waals surface area contributed by atoms with E-state index in [1.165, 1.54) is 60.0 Å². The molecule has 26 heavy (non-hydrogen) atoms. The first-order valence-corrected chi connectivity index (χ1v) is 10.4. The molecule has 0 bridgehead atoms. The predicted octanol–water partition coefficient (Wildman–Crippen LogP) is 4.36. The molecule has 0 aliphatic carbocycles. The van der Waals surface area contributed by atoms with Gasteiger partial charge in [-0.3, -0.25) is 4.90 Å². The number of aryl methyl sites for hydroxylation is 2. The number of piperazine rings is 1. The second-order valence-electron chi connectivity index (χ2n) is 7.28. The van der Waals surface area contributed by atoms with Gasteiger partial charge < -0.3 is 4.90 Å². The Morgan fingerprint density at radius 3 is 2.42 bits per heavy atom. The number of para-hydroxylation sites is 1. The molecule has 0 N–H and O–H groups in total. The molecule has 0 unspecified atom stereocenters. The van der Waals surface area contributed by atoms with E-state index >= 15 is 0 Å². The number of hydrogen-bond donors (Lipinski definition) is 0. The van der Waals surface area contributed by atoms with E-state index in [1.54, 1.807) is 0 Å². The maximum absolute atomic E-state index is 4.75. The highest BCUT2D eigenvalue weighted by Gasteiger charge is 2.16. The van der Waals surface area contributed by atoms with Gasteiger partial charge >= 0.3 is 0 Å². The quantitative estimate of drug-likeness (QED) is 0.647. The van der Waals surface area contributed by atoms with E-state index in [1.807, 2.05) is 11.3 Å². The maximum Gasteiger partial charge on any atom is 0.0939 e. The van der Waals surface area contributed by atoms with Crippen molar-refractivity contribution in [3.05, 3.63) is 64.7 Å². The van der Waals surface area contributed by atoms with Gasteiger partial charge in [0.25, 0.3) is 0 Å². The van der Waals surface area contributed by atoms with Crippen molar-refractivity contribution in [2.75, 3.05) is 32.7 Å². The lowest BCUT2D eigenvalue weighted by molar-refractivity contribution is 0.126. The second kappa shape index (κ2) is 8.30. The molecule has 3 aromatic rings. The highest BCUT2D eigenvalue weighted by atomic mass is 32.1. The van der Waals surface area contributed by atoms with Gasteiger partial charge in [0.1, 0.15) is 0 Å². The van der Waals surface area contributed by atoms with Gasteiger partial charge in [-0.2, -0.15) is 0 Å². The molecule has 1 aromatic heterocycles. The summed E-state index contributed by atoms with van der Waals surface area (Å²) in [5.41, 5.74) is 3.92. The maximum atomic E-state index is 4.75. The Hall–Kier alpha value is -1.75. The number of fused-ring (bicyclic) bond motifs is 1. The summed E-state index contributed by atoms with van der Waals surface area (Å²) >= 11 is 1.85. The number of thiazole rings is 1. The van der Waals surface area contributed by atoms with Gasteiger partial charge in [0.2, 0.25) is 0 Å². The monoisotopic (exact) mass is 365 g/mol. The molecule has 1 fully saturated rings. The first-order chi connectivity index (χ1) is 12.8. The van der Waals surface area contributed by atoms with Crippen LogP contribution in [0.15, 0.2) is 48.5 Å². The molecular formula is C22H27N3S. The van der Waals surface area contributed by atoms with Gasteiger partial charge in [-0.05, 0) is 37.6 Å². The van der Waals surface area contributed by atoms with Crippen LogP contribution in [0.1, 0.15) is 22.6 Å². The Morgan fingerprint density at radius 2 is 1.65 bits per heavy atom. The molecule has 4 heteroatoms. The van der Waals surface area contributed by atoms with E-state index in [-0.39, 0.29) is 0 Å². The molecule has 136 valence electrons. The van der Waals surface area contributed by atoms with Crippen molar-refractivity contribution in [3.63, 3.8) is 0 Å². The van der Waals surface area contributed by atoms with Crippen molar-refractivity contribution in [2.24, 2.45) is 0 Å². The Labute approximate surface area is 160 Å². The zero-order valence-corrected chi connectivity index (χ0v) is 16.3. The fourth-order valence-electron chi connectivity index (χ4n) is 3.60. The van der Waals surface area contributed by atoms with Crippen LogP contribution in [-0.4, -0.2) is 47.5 Å². The number of benzene rings is 2. The van der Waals surface area contributed by atoms with E-state index in [0.717, 1.165) is 18.5 Å². The number of aromatic nitrogens is 1. The van der Waals surface area contributed by atoms with Crippen molar-refractivity contribution in [1.29, 1.82) is 0 Å². The van der Waals surface area contributed by atoms with E-state index < -0.39 is 0 Å². The highest BCUT2D eigenvalue weighted by Crippen LogP contribution is 2.22. The van der Waals surface area contributed by atoms with Crippen LogP contribution in [0.3, 0.4) is 0 Å². The molecule has 0 atom stereocenters. The summed E-state index contributed by atoms with van der Waals surface area (Å²) in [5, 5.41) is 1.28. The zero-order chi connectivity index (χ0) is 17.8. The highest BCUT2D eigenvalue weighted by molar-refractivity contribution is 7.18. The first kappa shape index (κ1) is 17.7. The predicted molar refractivity (Wildman–Crippen MR) is 111 cm³/mol. The van der Waals surface area contributed by atoms with Crippen molar-refractivity contribution >= 4 is 21.6 Å². The Bertz CT molecular complexity index is 799. The second-order valence-corrected chi connectivity index (χ2v) is 8.40. The number of hydrogen-bond acceptors (Lipinski definition) is 4. The fourth-order valence-corrected chi connectivity index (χ4v) is 4.61. The molecule has 0 saturated carbocycles. The largest absolute Gasteiger partial charge is 0.301 e. The van der Waals surface area contributed by atoms with Crippen LogP contribution in [0.25, 0.3) is 10.2 Å². The number of rotatable bonds is 6. The SMILES string of the molecule is Cc1ccc(CN2CCN(CCCc3nc4ccccc4s3)CC2)cc1. The normalized spacial score (nSPS) is 16.3. The molecule has 0 radical (unpaired) electrons. The minimum absolute atomic E-state index is 1.08. The van der Waals surface area contributed by atoms with Gasteiger partial charge in [0, 0.05) is 39.1 Å². The van der Waals surface area contributed by atoms with Crippen LogP contribution in [-0.2, 0) is 13.0 Å². The van der Waals surface area contributed by atoms with E-state index in [2.05, 4.69) is 65.3 Å². The Kier molecular flexibility index (Phi) is 5.63.